The molecule has 5 heteroatoms. The van der Waals surface area contributed by atoms with Crippen LogP contribution in [-0.4, -0.2) is 31.0 Å². The van der Waals surface area contributed by atoms with Gasteiger partial charge in [-0.3, -0.25) is 4.99 Å². The molecule has 132 valence electrons. The number of hydrogen-bond acceptors (Lipinski definition) is 4. The van der Waals surface area contributed by atoms with Gasteiger partial charge >= 0.3 is 0 Å². The third kappa shape index (κ3) is 4.34. The summed E-state index contributed by atoms with van der Waals surface area (Å²) in [6.45, 7) is 4.54. The minimum atomic E-state index is 0.115. The topological polar surface area (TPSA) is 45.1 Å². The van der Waals surface area contributed by atoms with Gasteiger partial charge in [-0.15, -0.1) is 0 Å². The average molecular weight is 403 g/mol. The van der Waals surface area contributed by atoms with Crippen LogP contribution in [0.4, 0.5) is 11.4 Å². The van der Waals surface area contributed by atoms with E-state index >= 15 is 0 Å². The predicted molar refractivity (Wildman–Crippen MR) is 107 cm³/mol. The lowest BCUT2D eigenvalue weighted by Crippen LogP contribution is -2.29. The molecule has 1 aliphatic heterocycles. The summed E-state index contributed by atoms with van der Waals surface area (Å²) in [5.74, 6) is 0.576. The van der Waals surface area contributed by atoms with Gasteiger partial charge in [0.25, 0.3) is 0 Å². The summed E-state index contributed by atoms with van der Waals surface area (Å²) in [5.41, 5.74) is 2.70. The molecule has 0 aromatic heterocycles. The Morgan fingerprint density at radius 1 is 1.20 bits per heavy atom. The molecule has 1 aliphatic rings. The number of nitrogens with zero attached hydrogens (tertiary/aromatic N) is 2. The Morgan fingerprint density at radius 3 is 2.72 bits per heavy atom. The van der Waals surface area contributed by atoms with E-state index in [1.165, 1.54) is 19.3 Å². The minimum Gasteiger partial charge on any atom is -0.504 e. The normalized spacial score (nSPS) is 14.9. The Bertz CT molecular complexity index is 755. The molecule has 0 spiro atoms. The van der Waals surface area contributed by atoms with Crippen molar-refractivity contribution in [2.75, 3.05) is 24.6 Å². The van der Waals surface area contributed by atoms with Gasteiger partial charge in [0.15, 0.2) is 11.5 Å². The smallest absolute Gasteiger partial charge is 0.166 e. The van der Waals surface area contributed by atoms with Gasteiger partial charge in [-0.05, 0) is 50.5 Å². The highest BCUT2D eigenvalue weighted by Gasteiger charge is 2.14. The molecule has 0 saturated carbocycles. The van der Waals surface area contributed by atoms with E-state index in [9.17, 15) is 5.11 Å². The number of aliphatic imine (C=N–C) groups is 1. The van der Waals surface area contributed by atoms with E-state index < -0.39 is 0 Å². The first kappa shape index (κ1) is 17.8. The second-order valence-corrected chi connectivity index (χ2v) is 6.99. The molecular weight excluding hydrogens is 380 g/mol. The summed E-state index contributed by atoms with van der Waals surface area (Å²) in [6.07, 6.45) is 5.45. The Kier molecular flexibility index (Phi) is 5.97. The second kappa shape index (κ2) is 8.39. The van der Waals surface area contributed by atoms with Crippen LogP contribution >= 0.6 is 15.9 Å². The zero-order valence-electron chi connectivity index (χ0n) is 14.4. The van der Waals surface area contributed by atoms with Gasteiger partial charge in [-0.25, -0.2) is 0 Å². The Labute approximate surface area is 157 Å². The first-order valence-electron chi connectivity index (χ1n) is 8.72. The molecule has 0 radical (unpaired) electrons. The van der Waals surface area contributed by atoms with Crippen LogP contribution in [0, 0.1) is 0 Å². The molecule has 0 bridgehead atoms. The zero-order chi connectivity index (χ0) is 17.6. The quantitative estimate of drug-likeness (QED) is 0.690. The zero-order valence-corrected chi connectivity index (χ0v) is 16.0. The first-order chi connectivity index (χ1) is 12.2. The fourth-order valence-electron chi connectivity index (χ4n) is 3.07. The third-order valence-electron chi connectivity index (χ3n) is 4.29. The number of piperidine rings is 1. The van der Waals surface area contributed by atoms with E-state index in [2.05, 4.69) is 31.9 Å². The van der Waals surface area contributed by atoms with E-state index in [1.54, 1.807) is 12.3 Å². The SMILES string of the molecule is CCOc1cc(Br)cc(C=Nc2ccccc2N2CCCCC2)c1O. The van der Waals surface area contributed by atoms with E-state index in [0.717, 1.165) is 28.9 Å². The predicted octanol–water partition coefficient (Wildman–Crippen LogP) is 5.29. The Balaban J connectivity index is 1.90. The minimum absolute atomic E-state index is 0.115. The molecule has 0 atom stereocenters. The van der Waals surface area contributed by atoms with Crippen molar-refractivity contribution < 1.29 is 9.84 Å². The summed E-state index contributed by atoms with van der Waals surface area (Å²) in [4.78, 5) is 7.04. The summed E-state index contributed by atoms with van der Waals surface area (Å²) in [7, 11) is 0. The molecule has 0 amide bonds. The molecule has 1 saturated heterocycles. The Morgan fingerprint density at radius 2 is 1.96 bits per heavy atom. The molecular formula is C20H23BrN2O2. The highest BCUT2D eigenvalue weighted by molar-refractivity contribution is 9.10. The van der Waals surface area contributed by atoms with Crippen molar-refractivity contribution in [3.8, 4) is 11.5 Å². The van der Waals surface area contributed by atoms with Crippen molar-refractivity contribution in [3.05, 3.63) is 46.4 Å². The maximum atomic E-state index is 10.4. The molecule has 0 unspecified atom stereocenters. The maximum absolute atomic E-state index is 10.4. The van der Waals surface area contributed by atoms with E-state index in [0.29, 0.717) is 17.9 Å². The van der Waals surface area contributed by atoms with Crippen molar-refractivity contribution in [3.63, 3.8) is 0 Å². The summed E-state index contributed by atoms with van der Waals surface area (Å²) in [5, 5.41) is 10.4. The van der Waals surface area contributed by atoms with E-state index in [-0.39, 0.29) is 5.75 Å². The van der Waals surface area contributed by atoms with Crippen LogP contribution in [0.1, 0.15) is 31.7 Å². The van der Waals surface area contributed by atoms with Crippen LogP contribution in [0.25, 0.3) is 0 Å². The number of ether oxygens (including phenoxy) is 1. The highest BCUT2D eigenvalue weighted by atomic mass is 79.9. The number of benzene rings is 2. The summed E-state index contributed by atoms with van der Waals surface area (Å²) < 4.78 is 6.33. The van der Waals surface area contributed by atoms with Gasteiger partial charge in [0.05, 0.1) is 18.0 Å². The lowest BCUT2D eigenvalue weighted by molar-refractivity contribution is 0.317. The number of phenols is 1. The Hall–Kier alpha value is -2.01. The van der Waals surface area contributed by atoms with Crippen LogP contribution < -0.4 is 9.64 Å². The molecule has 2 aromatic carbocycles. The van der Waals surface area contributed by atoms with Crippen LogP contribution in [0.2, 0.25) is 0 Å². The molecule has 4 nitrogen and oxygen atoms in total. The number of phenolic OH excluding ortho intramolecular Hbond substituents is 1. The van der Waals surface area contributed by atoms with Crippen molar-refractivity contribution in [2.45, 2.75) is 26.2 Å². The van der Waals surface area contributed by atoms with Gasteiger partial charge < -0.3 is 14.7 Å². The largest absolute Gasteiger partial charge is 0.504 e. The van der Waals surface area contributed by atoms with Crippen LogP contribution in [0.3, 0.4) is 0 Å². The van der Waals surface area contributed by atoms with Gasteiger partial charge in [0.1, 0.15) is 0 Å². The van der Waals surface area contributed by atoms with Crippen molar-refractivity contribution in [1.29, 1.82) is 0 Å². The first-order valence-corrected chi connectivity index (χ1v) is 9.51. The summed E-state index contributed by atoms with van der Waals surface area (Å²) in [6, 6.07) is 11.8. The second-order valence-electron chi connectivity index (χ2n) is 6.07. The highest BCUT2D eigenvalue weighted by Crippen LogP contribution is 2.34. The molecule has 3 rings (SSSR count). The summed E-state index contributed by atoms with van der Waals surface area (Å²) >= 11 is 3.46. The lowest BCUT2D eigenvalue weighted by Gasteiger charge is -2.29. The number of rotatable bonds is 5. The van der Waals surface area contributed by atoms with Crippen LogP contribution in [-0.2, 0) is 0 Å². The fourth-order valence-corrected chi connectivity index (χ4v) is 3.53. The van der Waals surface area contributed by atoms with Gasteiger partial charge in [-0.1, -0.05) is 28.1 Å². The van der Waals surface area contributed by atoms with Gasteiger partial charge in [0, 0.05) is 29.3 Å². The third-order valence-corrected chi connectivity index (χ3v) is 4.75. The van der Waals surface area contributed by atoms with Crippen molar-refractivity contribution >= 4 is 33.5 Å². The number of aromatic hydroxyl groups is 1. The van der Waals surface area contributed by atoms with Crippen molar-refractivity contribution in [1.82, 2.24) is 0 Å². The van der Waals surface area contributed by atoms with E-state index in [4.69, 9.17) is 4.74 Å². The monoisotopic (exact) mass is 402 g/mol. The molecule has 1 fully saturated rings. The molecule has 25 heavy (non-hydrogen) atoms. The number of anilines is 1. The number of para-hydroxylation sites is 2. The standard InChI is InChI=1S/C20H23BrN2O2/c1-2-25-19-13-16(21)12-15(20(19)24)14-22-17-8-4-5-9-18(17)23-10-6-3-7-11-23/h4-5,8-9,12-14,24H,2-3,6-7,10-11H2,1H3. The van der Waals surface area contributed by atoms with Crippen LogP contribution in [0.5, 0.6) is 11.5 Å². The maximum Gasteiger partial charge on any atom is 0.166 e. The number of hydrogen-bond donors (Lipinski definition) is 1. The number of halogens is 1. The van der Waals surface area contributed by atoms with Gasteiger partial charge in [-0.2, -0.15) is 0 Å². The molecule has 0 aliphatic carbocycles. The average Bonchev–Trinajstić information content (AvgIpc) is 2.64. The van der Waals surface area contributed by atoms with Gasteiger partial charge in [0.2, 0.25) is 0 Å². The van der Waals surface area contributed by atoms with Crippen LogP contribution in [0.15, 0.2) is 45.9 Å². The lowest BCUT2D eigenvalue weighted by atomic mass is 10.1. The van der Waals surface area contributed by atoms with Crippen molar-refractivity contribution in [2.24, 2.45) is 4.99 Å². The molecule has 2 aromatic rings. The molecule has 1 heterocycles. The molecule has 1 N–H and O–H groups in total. The van der Waals surface area contributed by atoms with E-state index in [1.807, 2.05) is 31.2 Å². The fraction of sp³-hybridized carbons (Fsp3) is 0.350.